The fraction of sp³-hybridized carbons (Fsp3) is 0.318. The van der Waals surface area contributed by atoms with Crippen molar-refractivity contribution in [2.45, 2.75) is 25.1 Å². The predicted molar refractivity (Wildman–Crippen MR) is 112 cm³/mol. The lowest BCUT2D eigenvalue weighted by Gasteiger charge is -2.37. The molecule has 162 valence electrons. The molecular formula is C22H24F2N6O. The Labute approximate surface area is 179 Å². The van der Waals surface area contributed by atoms with E-state index in [2.05, 4.69) is 26.3 Å². The summed E-state index contributed by atoms with van der Waals surface area (Å²) >= 11 is 0. The second-order valence-corrected chi connectivity index (χ2v) is 7.80. The van der Waals surface area contributed by atoms with Gasteiger partial charge in [-0.15, -0.1) is 0 Å². The van der Waals surface area contributed by atoms with Gasteiger partial charge in [0.25, 0.3) is 12.3 Å². The molecule has 2 atom stereocenters. The summed E-state index contributed by atoms with van der Waals surface area (Å²) < 4.78 is 26.9. The molecule has 5 rings (SSSR count). The monoisotopic (exact) mass is 426 g/mol. The fourth-order valence-corrected chi connectivity index (χ4v) is 4.07. The minimum atomic E-state index is -2.57. The summed E-state index contributed by atoms with van der Waals surface area (Å²) in [6, 6.07) is 5.98. The van der Waals surface area contributed by atoms with E-state index in [9.17, 15) is 13.6 Å². The Balaban J connectivity index is 1.30. The molecule has 4 N–H and O–H groups in total. The number of hydrazine groups is 1. The van der Waals surface area contributed by atoms with Crippen LogP contribution in [0.1, 0.15) is 30.0 Å². The van der Waals surface area contributed by atoms with E-state index in [0.29, 0.717) is 17.8 Å². The quantitative estimate of drug-likeness (QED) is 0.540. The second kappa shape index (κ2) is 8.07. The lowest BCUT2D eigenvalue weighted by molar-refractivity contribution is -0.118. The van der Waals surface area contributed by atoms with E-state index >= 15 is 0 Å². The van der Waals surface area contributed by atoms with Crippen molar-refractivity contribution in [2.75, 3.05) is 19.6 Å². The van der Waals surface area contributed by atoms with Crippen molar-refractivity contribution in [2.24, 2.45) is 0 Å². The molecule has 1 fully saturated rings. The smallest absolute Gasteiger partial charge is 0.274 e. The standard InChI is InChI=1S/C22H24F2N6O/c23-21(24)16-5-2-1-4-15(16)17-6-7-19-26-13-18(30(19)28-17)22(31)27-14-8-9-25-20(12-14)29-10-3-11-29/h1-2,4-8,12-13,17,19,21,25-26,28H,3,9-11H2,(H,27,31). The number of likely N-dealkylation sites (tertiary alicyclic amines) is 1. The minimum Gasteiger partial charge on any atom is -0.368 e. The van der Waals surface area contributed by atoms with Gasteiger partial charge in [0, 0.05) is 43.2 Å². The molecule has 1 aromatic carbocycles. The molecule has 31 heavy (non-hydrogen) atoms. The Kier molecular flexibility index (Phi) is 5.11. The molecular weight excluding hydrogens is 402 g/mol. The number of nitrogens with zero attached hydrogens (tertiary/aromatic N) is 2. The molecule has 2 unspecified atom stereocenters. The third kappa shape index (κ3) is 3.76. The molecule has 4 aliphatic heterocycles. The molecule has 0 aromatic heterocycles. The summed E-state index contributed by atoms with van der Waals surface area (Å²) in [4.78, 5) is 15.2. The van der Waals surface area contributed by atoms with Crippen LogP contribution >= 0.6 is 0 Å². The van der Waals surface area contributed by atoms with Crippen molar-refractivity contribution in [3.8, 4) is 0 Å². The number of amides is 1. The Hall–Kier alpha value is -3.33. The van der Waals surface area contributed by atoms with Gasteiger partial charge in [0.1, 0.15) is 17.7 Å². The third-order valence-electron chi connectivity index (χ3n) is 5.84. The van der Waals surface area contributed by atoms with Crippen molar-refractivity contribution in [3.63, 3.8) is 0 Å². The van der Waals surface area contributed by atoms with Crippen LogP contribution < -0.4 is 21.4 Å². The Morgan fingerprint density at radius 2 is 2.03 bits per heavy atom. The highest BCUT2D eigenvalue weighted by Crippen LogP contribution is 2.31. The number of allylic oxidation sites excluding steroid dienone is 1. The van der Waals surface area contributed by atoms with Gasteiger partial charge in [0.15, 0.2) is 0 Å². The number of hydrogen-bond donors (Lipinski definition) is 4. The summed E-state index contributed by atoms with van der Waals surface area (Å²) in [5, 5.41) is 11.1. The van der Waals surface area contributed by atoms with Crippen LogP contribution in [-0.2, 0) is 4.79 Å². The first kappa shape index (κ1) is 19.6. The van der Waals surface area contributed by atoms with Crippen molar-refractivity contribution in [1.29, 1.82) is 0 Å². The van der Waals surface area contributed by atoms with Gasteiger partial charge in [-0.3, -0.25) is 9.80 Å². The zero-order valence-electron chi connectivity index (χ0n) is 16.8. The van der Waals surface area contributed by atoms with E-state index in [4.69, 9.17) is 0 Å². The van der Waals surface area contributed by atoms with E-state index in [1.807, 2.05) is 24.3 Å². The van der Waals surface area contributed by atoms with Crippen LogP contribution in [0.3, 0.4) is 0 Å². The lowest BCUT2D eigenvalue weighted by Crippen LogP contribution is -2.51. The minimum absolute atomic E-state index is 0.0197. The van der Waals surface area contributed by atoms with Crippen LogP contribution in [0.25, 0.3) is 0 Å². The van der Waals surface area contributed by atoms with Gasteiger partial charge in [-0.2, -0.15) is 0 Å². The average molecular weight is 426 g/mol. The molecule has 0 spiro atoms. The molecule has 7 nitrogen and oxygen atoms in total. The van der Waals surface area contributed by atoms with Crippen LogP contribution in [-0.4, -0.2) is 41.6 Å². The molecule has 0 bridgehead atoms. The van der Waals surface area contributed by atoms with Crippen LogP contribution in [0.5, 0.6) is 0 Å². The highest BCUT2D eigenvalue weighted by Gasteiger charge is 2.34. The molecule has 1 saturated heterocycles. The van der Waals surface area contributed by atoms with Crippen LogP contribution in [0.15, 0.2) is 72.0 Å². The third-order valence-corrected chi connectivity index (χ3v) is 5.84. The van der Waals surface area contributed by atoms with E-state index in [-0.39, 0.29) is 17.6 Å². The van der Waals surface area contributed by atoms with Gasteiger partial charge in [-0.05, 0) is 24.1 Å². The van der Waals surface area contributed by atoms with Gasteiger partial charge in [0.05, 0.1) is 6.04 Å². The molecule has 4 heterocycles. The highest BCUT2D eigenvalue weighted by molar-refractivity contribution is 5.94. The van der Waals surface area contributed by atoms with Gasteiger partial charge in [-0.25, -0.2) is 14.2 Å². The SMILES string of the molecule is O=C(NC1=CCNC(N2CCC2)=C1)C1=CNC2C=CC(c3ccccc3C(F)F)NN12. The van der Waals surface area contributed by atoms with Crippen LogP contribution in [0, 0.1) is 0 Å². The summed E-state index contributed by atoms with van der Waals surface area (Å²) in [7, 11) is 0. The predicted octanol–water partition coefficient (Wildman–Crippen LogP) is 1.96. The van der Waals surface area contributed by atoms with Crippen molar-refractivity contribution < 1.29 is 13.6 Å². The number of halogens is 2. The lowest BCUT2D eigenvalue weighted by atomic mass is 9.99. The molecule has 4 aliphatic rings. The maximum absolute atomic E-state index is 13.5. The molecule has 1 aromatic rings. The largest absolute Gasteiger partial charge is 0.368 e. The highest BCUT2D eigenvalue weighted by atomic mass is 19.3. The Morgan fingerprint density at radius 1 is 1.19 bits per heavy atom. The summed E-state index contributed by atoms with van der Waals surface area (Å²) in [5.41, 5.74) is 4.81. The number of fused-ring (bicyclic) bond motifs is 1. The maximum Gasteiger partial charge on any atom is 0.274 e. The first-order valence-electron chi connectivity index (χ1n) is 10.4. The number of hydrogen-bond acceptors (Lipinski definition) is 6. The normalized spacial score (nSPS) is 24.4. The Bertz CT molecular complexity index is 997. The summed E-state index contributed by atoms with van der Waals surface area (Å²) in [6.45, 7) is 2.68. The molecule has 9 heteroatoms. The topological polar surface area (TPSA) is 71.7 Å². The Morgan fingerprint density at radius 3 is 2.81 bits per heavy atom. The first-order chi connectivity index (χ1) is 15.1. The van der Waals surface area contributed by atoms with Gasteiger partial charge in [0.2, 0.25) is 0 Å². The van der Waals surface area contributed by atoms with Crippen molar-refractivity contribution in [1.82, 2.24) is 31.3 Å². The zero-order chi connectivity index (χ0) is 21.4. The van der Waals surface area contributed by atoms with E-state index in [1.165, 1.54) is 12.5 Å². The number of carbonyl (C=O) groups excluding carboxylic acids is 1. The number of dihydropyridines is 1. The van der Waals surface area contributed by atoms with Gasteiger partial charge < -0.3 is 20.9 Å². The molecule has 0 saturated carbocycles. The molecule has 0 aliphatic carbocycles. The van der Waals surface area contributed by atoms with E-state index in [0.717, 1.165) is 24.6 Å². The van der Waals surface area contributed by atoms with E-state index in [1.54, 1.807) is 29.4 Å². The molecule has 1 amide bonds. The number of nitrogens with one attached hydrogen (secondary N) is 4. The zero-order valence-corrected chi connectivity index (χ0v) is 16.8. The van der Waals surface area contributed by atoms with Gasteiger partial charge >= 0.3 is 0 Å². The number of rotatable bonds is 5. The fourth-order valence-electron chi connectivity index (χ4n) is 4.07. The van der Waals surface area contributed by atoms with Crippen LogP contribution in [0.4, 0.5) is 8.78 Å². The number of carbonyl (C=O) groups is 1. The first-order valence-corrected chi connectivity index (χ1v) is 10.4. The summed E-state index contributed by atoms with van der Waals surface area (Å²) in [6.07, 6.45) is 7.55. The van der Waals surface area contributed by atoms with Crippen molar-refractivity contribution >= 4 is 5.91 Å². The van der Waals surface area contributed by atoms with Crippen molar-refractivity contribution in [3.05, 3.63) is 83.1 Å². The average Bonchev–Trinajstić information content (AvgIpc) is 3.16. The van der Waals surface area contributed by atoms with Crippen LogP contribution in [0.2, 0.25) is 0 Å². The molecule has 0 radical (unpaired) electrons. The number of benzene rings is 1. The number of alkyl halides is 2. The van der Waals surface area contributed by atoms with Gasteiger partial charge in [-0.1, -0.05) is 30.3 Å². The van der Waals surface area contributed by atoms with E-state index < -0.39 is 12.5 Å². The summed E-state index contributed by atoms with van der Waals surface area (Å²) in [5.74, 6) is 0.745. The maximum atomic E-state index is 13.5. The second-order valence-electron chi connectivity index (χ2n) is 7.80.